The van der Waals surface area contributed by atoms with Crippen molar-refractivity contribution in [3.8, 4) is 0 Å². The molecule has 1 heterocycles. The molecule has 0 saturated carbocycles. The minimum absolute atomic E-state index is 0. The average molecular weight is 227 g/mol. The van der Waals surface area contributed by atoms with Crippen LogP contribution >= 0.6 is 0 Å². The number of ether oxygens (including phenoxy) is 1. The van der Waals surface area contributed by atoms with E-state index in [0.29, 0.717) is 11.1 Å². The monoisotopic (exact) mass is 227 g/mol. The van der Waals surface area contributed by atoms with E-state index in [4.69, 9.17) is 0 Å². The van der Waals surface area contributed by atoms with E-state index in [1.165, 1.54) is 0 Å². The van der Waals surface area contributed by atoms with Gasteiger partial charge in [-0.05, 0) is 37.1 Å². The van der Waals surface area contributed by atoms with Crippen molar-refractivity contribution in [1.29, 1.82) is 0 Å². The molecule has 0 saturated heterocycles. The van der Waals surface area contributed by atoms with Gasteiger partial charge >= 0.3 is 11.9 Å². The van der Waals surface area contributed by atoms with Crippen LogP contribution in [-0.2, 0) is 23.3 Å². The summed E-state index contributed by atoms with van der Waals surface area (Å²) in [6.07, 6.45) is 0. The van der Waals surface area contributed by atoms with E-state index < -0.39 is 11.9 Å². The first-order valence-corrected chi connectivity index (χ1v) is 3.97. The van der Waals surface area contributed by atoms with Gasteiger partial charge in [-0.25, -0.2) is 9.59 Å². The Morgan fingerprint density at radius 2 is 1.29 bits per heavy atom. The number of hydrogen-bond donors (Lipinski definition) is 0. The molecule has 1 aliphatic rings. The van der Waals surface area contributed by atoms with Crippen LogP contribution in [0.5, 0.6) is 0 Å². The second-order valence-corrected chi connectivity index (χ2v) is 3.16. The van der Waals surface area contributed by atoms with Crippen molar-refractivity contribution >= 4 is 11.9 Å². The van der Waals surface area contributed by atoms with Crippen LogP contribution in [0.1, 0.15) is 31.8 Å². The van der Waals surface area contributed by atoms with Crippen LogP contribution < -0.4 is 0 Å². The third-order valence-corrected chi connectivity index (χ3v) is 2.26. The Kier molecular flexibility index (Phi) is 2.83. The van der Waals surface area contributed by atoms with Gasteiger partial charge in [0.2, 0.25) is 0 Å². The van der Waals surface area contributed by atoms with Gasteiger partial charge in [0.25, 0.3) is 0 Å². The largest absolute Gasteiger partial charge is 0.386 e. The molecular weight excluding hydrogens is 219 g/mol. The molecule has 0 atom stereocenters. The van der Waals surface area contributed by atoms with Crippen LogP contribution in [0.3, 0.4) is 0 Å². The van der Waals surface area contributed by atoms with Gasteiger partial charge < -0.3 is 4.74 Å². The zero-order chi connectivity index (χ0) is 9.59. The summed E-state index contributed by atoms with van der Waals surface area (Å²) in [6.45, 7) is 3.79. The van der Waals surface area contributed by atoms with Gasteiger partial charge in [-0.1, -0.05) is 0 Å². The third-order valence-electron chi connectivity index (χ3n) is 2.26. The predicted molar refractivity (Wildman–Crippen MR) is 45.7 cm³/mol. The molecule has 0 amide bonds. The molecule has 1 aliphatic heterocycles. The van der Waals surface area contributed by atoms with Crippen LogP contribution in [0.4, 0.5) is 0 Å². The Morgan fingerprint density at radius 1 is 0.929 bits per heavy atom. The molecule has 0 N–H and O–H groups in total. The van der Waals surface area contributed by atoms with E-state index >= 15 is 0 Å². The molecule has 2 rings (SSSR count). The zero-order valence-corrected chi connectivity index (χ0v) is 9.22. The minimum atomic E-state index is -0.539. The number of benzene rings is 1. The molecule has 0 aliphatic carbocycles. The zero-order valence-electron chi connectivity index (χ0n) is 7.83. The van der Waals surface area contributed by atoms with Crippen molar-refractivity contribution in [2.45, 2.75) is 13.8 Å². The molecule has 0 fully saturated rings. The number of fused-ring (bicyclic) bond motifs is 1. The van der Waals surface area contributed by atoms with Crippen molar-refractivity contribution in [2.24, 2.45) is 0 Å². The van der Waals surface area contributed by atoms with Gasteiger partial charge in [0, 0.05) is 18.6 Å². The Morgan fingerprint density at radius 3 is 1.64 bits per heavy atom. The van der Waals surface area contributed by atoms with Crippen molar-refractivity contribution < 1.29 is 32.9 Å². The summed E-state index contributed by atoms with van der Waals surface area (Å²) < 4.78 is 4.46. The summed E-state index contributed by atoms with van der Waals surface area (Å²) >= 11 is 0. The van der Waals surface area contributed by atoms with Gasteiger partial charge in [0.1, 0.15) is 0 Å². The number of hydrogen-bond acceptors (Lipinski definition) is 3. The van der Waals surface area contributed by atoms with Crippen LogP contribution in [0.25, 0.3) is 0 Å². The summed E-state index contributed by atoms with van der Waals surface area (Å²) in [5, 5.41) is 0. The molecule has 0 bridgehead atoms. The second-order valence-electron chi connectivity index (χ2n) is 3.16. The number of cyclic esters (lactones) is 2. The maximum absolute atomic E-state index is 11.1. The summed E-state index contributed by atoms with van der Waals surface area (Å²) in [5.74, 6) is -1.08. The maximum Gasteiger partial charge on any atom is 0.346 e. The van der Waals surface area contributed by atoms with Crippen LogP contribution in [-0.4, -0.2) is 11.9 Å². The standard InChI is InChI=1S/C10H8O3.V/c1-5-3-7-8(4-6(5)2)10(12)13-9(7)11;/h3-4H,1-2H3;. The van der Waals surface area contributed by atoms with Gasteiger partial charge in [-0.3, -0.25) is 0 Å². The molecule has 4 heteroatoms. The normalized spacial score (nSPS) is 13.3. The van der Waals surface area contributed by atoms with Gasteiger partial charge in [-0.15, -0.1) is 0 Å². The molecule has 1 radical (unpaired) electrons. The van der Waals surface area contributed by atoms with E-state index in [1.807, 2.05) is 13.8 Å². The summed E-state index contributed by atoms with van der Waals surface area (Å²) in [5.41, 5.74) is 2.75. The van der Waals surface area contributed by atoms with Gasteiger partial charge in [0.15, 0.2) is 0 Å². The number of esters is 2. The van der Waals surface area contributed by atoms with Gasteiger partial charge in [0.05, 0.1) is 11.1 Å². The van der Waals surface area contributed by atoms with Crippen molar-refractivity contribution in [1.82, 2.24) is 0 Å². The fourth-order valence-electron chi connectivity index (χ4n) is 1.35. The number of rotatable bonds is 0. The molecule has 0 aromatic heterocycles. The quantitative estimate of drug-likeness (QED) is 0.499. The summed E-state index contributed by atoms with van der Waals surface area (Å²) in [7, 11) is 0. The fourth-order valence-corrected chi connectivity index (χ4v) is 1.35. The first-order chi connectivity index (χ1) is 6.09. The number of carbonyl (C=O) groups excluding carboxylic acids is 2. The molecule has 1 aromatic rings. The predicted octanol–water partition coefficient (Wildman–Crippen LogP) is 1.61. The minimum Gasteiger partial charge on any atom is -0.386 e. The van der Waals surface area contributed by atoms with Crippen LogP contribution in [0.15, 0.2) is 12.1 Å². The smallest absolute Gasteiger partial charge is 0.346 e. The molecular formula is C10H8O3V. The van der Waals surface area contributed by atoms with Crippen molar-refractivity contribution in [2.75, 3.05) is 0 Å². The Bertz CT molecular complexity index is 385. The SMILES string of the molecule is Cc1cc2c(cc1C)C(=O)OC2=O.[V]. The average Bonchev–Trinajstić information content (AvgIpc) is 2.31. The number of carbonyl (C=O) groups is 2. The van der Waals surface area contributed by atoms with Crippen LogP contribution in [0.2, 0.25) is 0 Å². The van der Waals surface area contributed by atoms with Crippen molar-refractivity contribution in [3.05, 3.63) is 34.4 Å². The van der Waals surface area contributed by atoms with E-state index in [0.717, 1.165) is 11.1 Å². The van der Waals surface area contributed by atoms with Gasteiger partial charge in [-0.2, -0.15) is 0 Å². The van der Waals surface area contributed by atoms with E-state index in [2.05, 4.69) is 4.74 Å². The Balaban J connectivity index is 0.000000980. The summed E-state index contributed by atoms with van der Waals surface area (Å²) in [4.78, 5) is 22.2. The molecule has 0 spiro atoms. The van der Waals surface area contributed by atoms with E-state index in [9.17, 15) is 9.59 Å². The topological polar surface area (TPSA) is 43.4 Å². The molecule has 14 heavy (non-hydrogen) atoms. The van der Waals surface area contributed by atoms with E-state index in [1.54, 1.807) is 12.1 Å². The fraction of sp³-hybridized carbons (Fsp3) is 0.200. The molecule has 3 nitrogen and oxygen atoms in total. The Labute approximate surface area is 93.3 Å². The number of aryl methyl sites for hydroxylation is 2. The van der Waals surface area contributed by atoms with Crippen LogP contribution in [0, 0.1) is 13.8 Å². The molecule has 0 unspecified atom stereocenters. The first kappa shape index (κ1) is 11.0. The Hall–Kier alpha value is -1.06. The molecule has 71 valence electrons. The second kappa shape index (κ2) is 3.60. The van der Waals surface area contributed by atoms with E-state index in [-0.39, 0.29) is 18.6 Å². The third kappa shape index (κ3) is 1.49. The van der Waals surface area contributed by atoms with Crippen molar-refractivity contribution in [3.63, 3.8) is 0 Å². The molecule has 1 aromatic carbocycles. The maximum atomic E-state index is 11.1. The first-order valence-electron chi connectivity index (χ1n) is 3.97. The summed E-state index contributed by atoms with van der Waals surface area (Å²) in [6, 6.07) is 3.38.